The van der Waals surface area contributed by atoms with Crippen LogP contribution in [-0.4, -0.2) is 64.2 Å². The predicted molar refractivity (Wildman–Crippen MR) is 148 cm³/mol. The Morgan fingerprint density at radius 1 is 0.795 bits per heavy atom. The molecular formula is C26H27Cl2N3O6S2. The molecular weight excluding hydrogens is 585 g/mol. The van der Waals surface area contributed by atoms with Gasteiger partial charge in [0.05, 0.1) is 29.5 Å². The lowest BCUT2D eigenvalue weighted by Gasteiger charge is -2.26. The molecule has 208 valence electrons. The average molecular weight is 613 g/mol. The maximum atomic E-state index is 13.4. The largest absolute Gasteiger partial charge is 0.379 e. The average Bonchev–Trinajstić information content (AvgIpc) is 2.93. The normalized spacial score (nSPS) is 14.8. The van der Waals surface area contributed by atoms with Gasteiger partial charge in [-0.15, -0.1) is 0 Å². The highest BCUT2D eigenvalue weighted by Gasteiger charge is 2.28. The molecule has 1 aliphatic rings. The number of hydrogen-bond acceptors (Lipinski definition) is 6. The molecule has 1 fully saturated rings. The molecule has 1 heterocycles. The predicted octanol–water partition coefficient (Wildman–Crippen LogP) is 3.52. The summed E-state index contributed by atoms with van der Waals surface area (Å²) in [5, 5.41) is 3.61. The number of halogens is 2. The molecule has 1 amide bonds. The Kier molecular flexibility index (Phi) is 9.65. The molecule has 1 N–H and O–H groups in total. The summed E-state index contributed by atoms with van der Waals surface area (Å²) in [6, 6.07) is 18.6. The fourth-order valence-electron chi connectivity index (χ4n) is 3.91. The minimum atomic E-state index is -4.04. The number of amides is 1. The summed E-state index contributed by atoms with van der Waals surface area (Å²) >= 11 is 11.9. The maximum absolute atomic E-state index is 13.4. The van der Waals surface area contributed by atoms with Crippen LogP contribution < -0.4 is 5.32 Å². The van der Waals surface area contributed by atoms with Crippen molar-refractivity contribution in [3.8, 4) is 0 Å². The SMILES string of the molecule is O=C(CN(Cc1ccc(Cl)cc1)S(=O)(=O)c1ccc(Cl)cc1)NCc1ccc(S(=O)(=O)N2CCOCC2)cc1. The first-order valence-corrected chi connectivity index (χ1v) is 15.6. The molecule has 0 saturated carbocycles. The van der Waals surface area contributed by atoms with E-state index in [0.717, 1.165) is 4.31 Å². The number of carbonyl (C=O) groups is 1. The quantitative estimate of drug-likeness (QED) is 0.375. The molecule has 0 spiro atoms. The van der Waals surface area contributed by atoms with Crippen LogP contribution >= 0.6 is 23.2 Å². The molecule has 9 nitrogen and oxygen atoms in total. The van der Waals surface area contributed by atoms with Crippen LogP contribution in [0.15, 0.2) is 82.6 Å². The standard InChI is InChI=1S/C26H27Cl2N3O6S2/c27-22-5-1-21(2-6-22)18-31(39(35,36)25-11-7-23(28)8-12-25)19-26(32)29-17-20-3-9-24(10-4-20)38(33,34)30-13-15-37-16-14-30/h1-12H,13-19H2,(H,29,32). The van der Waals surface area contributed by atoms with Crippen molar-refractivity contribution in [3.63, 3.8) is 0 Å². The van der Waals surface area contributed by atoms with Gasteiger partial charge in [0.1, 0.15) is 0 Å². The summed E-state index contributed by atoms with van der Waals surface area (Å²) in [7, 11) is -7.66. The maximum Gasteiger partial charge on any atom is 0.243 e. The van der Waals surface area contributed by atoms with Crippen molar-refractivity contribution >= 4 is 49.2 Å². The van der Waals surface area contributed by atoms with E-state index in [2.05, 4.69) is 5.32 Å². The van der Waals surface area contributed by atoms with Gasteiger partial charge in [-0.1, -0.05) is 47.5 Å². The van der Waals surface area contributed by atoms with E-state index < -0.39 is 32.5 Å². The van der Waals surface area contributed by atoms with E-state index in [9.17, 15) is 21.6 Å². The number of benzene rings is 3. The van der Waals surface area contributed by atoms with Gasteiger partial charge in [0, 0.05) is 36.2 Å². The Balaban J connectivity index is 1.44. The monoisotopic (exact) mass is 611 g/mol. The van der Waals surface area contributed by atoms with E-state index in [1.54, 1.807) is 36.4 Å². The molecule has 1 saturated heterocycles. The van der Waals surface area contributed by atoms with E-state index in [4.69, 9.17) is 27.9 Å². The van der Waals surface area contributed by atoms with Gasteiger partial charge in [-0.3, -0.25) is 4.79 Å². The zero-order valence-corrected chi connectivity index (χ0v) is 23.9. The summed E-state index contributed by atoms with van der Waals surface area (Å²) in [6.45, 7) is 0.905. The van der Waals surface area contributed by atoms with Crippen LogP contribution in [0.25, 0.3) is 0 Å². The Morgan fingerprint density at radius 2 is 1.31 bits per heavy atom. The van der Waals surface area contributed by atoms with Gasteiger partial charge in [-0.05, 0) is 59.7 Å². The topological polar surface area (TPSA) is 113 Å². The van der Waals surface area contributed by atoms with Gasteiger partial charge < -0.3 is 10.1 Å². The van der Waals surface area contributed by atoms with Crippen LogP contribution in [0.3, 0.4) is 0 Å². The number of hydrogen-bond donors (Lipinski definition) is 1. The number of nitrogens with one attached hydrogen (secondary N) is 1. The lowest BCUT2D eigenvalue weighted by atomic mass is 10.2. The van der Waals surface area contributed by atoms with Crippen LogP contribution in [0, 0.1) is 0 Å². The van der Waals surface area contributed by atoms with Gasteiger partial charge in [0.2, 0.25) is 26.0 Å². The van der Waals surface area contributed by atoms with Crippen molar-refractivity contribution in [2.75, 3.05) is 32.8 Å². The van der Waals surface area contributed by atoms with Crippen molar-refractivity contribution in [2.45, 2.75) is 22.9 Å². The second-order valence-electron chi connectivity index (χ2n) is 8.79. The summed E-state index contributed by atoms with van der Waals surface area (Å²) < 4.78 is 60.1. The molecule has 3 aromatic rings. The van der Waals surface area contributed by atoms with Crippen LogP contribution in [0.2, 0.25) is 10.0 Å². The molecule has 0 aliphatic carbocycles. The highest BCUT2D eigenvalue weighted by Crippen LogP contribution is 2.22. The molecule has 0 unspecified atom stereocenters. The summed E-state index contributed by atoms with van der Waals surface area (Å²) in [6.07, 6.45) is 0. The van der Waals surface area contributed by atoms with Crippen LogP contribution in [0.4, 0.5) is 0 Å². The fourth-order valence-corrected chi connectivity index (χ4v) is 6.95. The van der Waals surface area contributed by atoms with Gasteiger partial charge in [-0.25, -0.2) is 16.8 Å². The Bertz CT molecular complexity index is 1490. The molecule has 13 heteroatoms. The minimum absolute atomic E-state index is 0.00531. The first-order chi connectivity index (χ1) is 18.6. The van der Waals surface area contributed by atoms with Crippen molar-refractivity contribution in [1.29, 1.82) is 0 Å². The summed E-state index contributed by atoms with van der Waals surface area (Å²) in [4.78, 5) is 13.0. The number of sulfonamides is 2. The number of morpholine rings is 1. The molecule has 4 rings (SSSR count). The fraction of sp³-hybridized carbons (Fsp3) is 0.269. The zero-order chi connectivity index (χ0) is 28.0. The number of ether oxygens (including phenoxy) is 1. The van der Waals surface area contributed by atoms with E-state index in [1.165, 1.54) is 40.7 Å². The van der Waals surface area contributed by atoms with Gasteiger partial charge >= 0.3 is 0 Å². The lowest BCUT2D eigenvalue weighted by Crippen LogP contribution is -2.40. The molecule has 0 atom stereocenters. The van der Waals surface area contributed by atoms with Gasteiger partial charge in [0.25, 0.3) is 0 Å². The third-order valence-electron chi connectivity index (χ3n) is 6.06. The first-order valence-electron chi connectivity index (χ1n) is 12.0. The summed E-state index contributed by atoms with van der Waals surface area (Å²) in [5.74, 6) is -0.522. The third-order valence-corrected chi connectivity index (χ3v) is 10.3. The molecule has 3 aromatic carbocycles. The Labute approximate surface area is 238 Å². The van der Waals surface area contributed by atoms with Crippen LogP contribution in [0.1, 0.15) is 11.1 Å². The second kappa shape index (κ2) is 12.8. The van der Waals surface area contributed by atoms with E-state index in [1.807, 2.05) is 0 Å². The van der Waals surface area contributed by atoms with Crippen molar-refractivity contribution < 1.29 is 26.4 Å². The molecule has 0 aromatic heterocycles. The van der Waals surface area contributed by atoms with Crippen molar-refractivity contribution in [3.05, 3.63) is 94.0 Å². The number of nitrogens with zero attached hydrogens (tertiary/aromatic N) is 2. The molecule has 0 radical (unpaired) electrons. The van der Waals surface area contributed by atoms with Gasteiger partial charge in [0.15, 0.2) is 0 Å². The van der Waals surface area contributed by atoms with Crippen LogP contribution in [-0.2, 0) is 42.7 Å². The van der Waals surface area contributed by atoms with Gasteiger partial charge in [-0.2, -0.15) is 8.61 Å². The summed E-state index contributed by atoms with van der Waals surface area (Å²) in [5.41, 5.74) is 1.32. The number of rotatable bonds is 10. The van der Waals surface area contributed by atoms with E-state index >= 15 is 0 Å². The highest BCUT2D eigenvalue weighted by atomic mass is 35.5. The van der Waals surface area contributed by atoms with E-state index in [-0.39, 0.29) is 22.9 Å². The van der Waals surface area contributed by atoms with Crippen molar-refractivity contribution in [1.82, 2.24) is 13.9 Å². The lowest BCUT2D eigenvalue weighted by molar-refractivity contribution is -0.121. The third kappa shape index (κ3) is 7.57. The zero-order valence-electron chi connectivity index (χ0n) is 20.8. The number of carbonyl (C=O) groups excluding carboxylic acids is 1. The Morgan fingerprint density at radius 3 is 1.90 bits per heavy atom. The van der Waals surface area contributed by atoms with E-state index in [0.29, 0.717) is 47.5 Å². The molecule has 1 aliphatic heterocycles. The minimum Gasteiger partial charge on any atom is -0.379 e. The smallest absolute Gasteiger partial charge is 0.243 e. The van der Waals surface area contributed by atoms with Crippen molar-refractivity contribution in [2.24, 2.45) is 0 Å². The molecule has 39 heavy (non-hydrogen) atoms. The first kappa shape index (κ1) is 29.5. The van der Waals surface area contributed by atoms with Crippen LogP contribution in [0.5, 0.6) is 0 Å². The Hall–Kier alpha value is -2.51. The highest BCUT2D eigenvalue weighted by molar-refractivity contribution is 7.89. The molecule has 0 bridgehead atoms. The second-order valence-corrected chi connectivity index (χ2v) is 13.5.